The van der Waals surface area contributed by atoms with Crippen molar-refractivity contribution >= 4 is 75.7 Å². The highest BCUT2D eigenvalue weighted by Gasteiger charge is 2.77. The molecule has 0 fully saturated rings. The summed E-state index contributed by atoms with van der Waals surface area (Å²) in [7, 11) is 0. The average molecular weight is 770 g/mol. The molecule has 1 aliphatic rings. The van der Waals surface area contributed by atoms with Crippen LogP contribution in [0.4, 0.5) is 0 Å². The molecule has 4 unspecified atom stereocenters. The minimum absolute atomic E-state index is 0.142. The highest BCUT2D eigenvalue weighted by Crippen LogP contribution is 2.67. The van der Waals surface area contributed by atoms with Gasteiger partial charge in [-0.05, 0) is 32.6 Å². The average Bonchev–Trinajstić information content (AvgIpc) is 2.87. The normalized spacial score (nSPS) is 28.3. The highest BCUT2D eigenvalue weighted by molar-refractivity contribution is 9.16. The minimum Gasteiger partial charge on any atom is -0.464 e. The molecule has 0 N–H and O–H groups in total. The Bertz CT molecular complexity index is 748. The molecule has 0 aliphatic heterocycles. The molecule has 0 aromatic heterocycles. The van der Waals surface area contributed by atoms with E-state index in [1.165, 1.54) is 0 Å². The van der Waals surface area contributed by atoms with Crippen molar-refractivity contribution in [2.45, 2.75) is 114 Å². The maximum atomic E-state index is 14.4. The maximum absolute atomic E-state index is 14.4. The molecule has 1 rings (SSSR count). The van der Waals surface area contributed by atoms with Crippen molar-refractivity contribution in [2.75, 3.05) is 19.8 Å². The second-order valence-electron chi connectivity index (χ2n) is 9.15. The van der Waals surface area contributed by atoms with Crippen LogP contribution in [0.15, 0.2) is 8.96 Å². The predicted molar refractivity (Wildman–Crippen MR) is 158 cm³/mol. The second kappa shape index (κ2) is 16.6. The zero-order chi connectivity index (χ0) is 27.4. The number of halogens is 4. The lowest BCUT2D eigenvalue weighted by molar-refractivity contribution is -0.292. The topological polar surface area (TPSA) is 71.1 Å². The van der Waals surface area contributed by atoms with Crippen LogP contribution in [-0.4, -0.2) is 46.5 Å². The van der Waals surface area contributed by atoms with Gasteiger partial charge in [0.05, 0.1) is 26.8 Å². The Morgan fingerprint density at radius 1 is 0.833 bits per heavy atom. The fourth-order valence-corrected chi connectivity index (χ4v) is 8.80. The summed E-state index contributed by atoms with van der Waals surface area (Å²) >= 11 is 15.3. The van der Waals surface area contributed by atoms with Gasteiger partial charge >= 0.3 is 11.9 Å². The number of ether oxygens (including phenoxy) is 2. The summed E-state index contributed by atoms with van der Waals surface area (Å²) in [6, 6.07) is 0. The number of allylic oxidation sites excluding steroid dienone is 1. The molecule has 0 heterocycles. The van der Waals surface area contributed by atoms with E-state index in [0.717, 1.165) is 38.5 Å². The number of esters is 1. The van der Waals surface area contributed by atoms with Gasteiger partial charge in [-0.15, -0.1) is 0 Å². The summed E-state index contributed by atoms with van der Waals surface area (Å²) in [4.78, 5) is 39.1. The SMILES string of the molecule is CCCCOOC(=O)C1(CCCC)C(OCCCC)(C(=O)OCC)C(Br)=C(Br)C(Br)C1(Br)CCCC. The first-order chi connectivity index (χ1) is 17.1. The molecule has 4 atom stereocenters. The highest BCUT2D eigenvalue weighted by atomic mass is 79.9. The van der Waals surface area contributed by atoms with E-state index in [4.69, 9.17) is 19.2 Å². The Labute approximate surface area is 250 Å². The molecule has 0 amide bonds. The van der Waals surface area contributed by atoms with Crippen molar-refractivity contribution in [1.82, 2.24) is 0 Å². The van der Waals surface area contributed by atoms with Crippen LogP contribution in [-0.2, 0) is 28.8 Å². The summed E-state index contributed by atoms with van der Waals surface area (Å²) in [5.74, 6) is -1.25. The van der Waals surface area contributed by atoms with Gasteiger partial charge in [-0.1, -0.05) is 130 Å². The van der Waals surface area contributed by atoms with Crippen LogP contribution in [0.25, 0.3) is 0 Å². The monoisotopic (exact) mass is 766 g/mol. The number of unbranched alkanes of at least 4 members (excludes halogenated alkanes) is 4. The standard InChI is InChI=1S/C26H42Br4O6/c1-6-11-15-24(22(31)36-35-18-14-9-4)25(30,16-12-7-2)20(28)19(27)21(29)26(24,23(32)33-10-5)34-17-13-8-3/h20H,6-18H2,1-5H3. The quantitative estimate of drug-likeness (QED) is 0.0485. The van der Waals surface area contributed by atoms with Crippen molar-refractivity contribution in [2.24, 2.45) is 5.41 Å². The third kappa shape index (κ3) is 6.80. The maximum Gasteiger partial charge on any atom is 0.353 e. The van der Waals surface area contributed by atoms with E-state index >= 15 is 0 Å². The molecule has 0 saturated carbocycles. The summed E-state index contributed by atoms with van der Waals surface area (Å²) in [5, 5.41) is 0. The molecule has 0 aromatic rings. The van der Waals surface area contributed by atoms with Gasteiger partial charge in [0.25, 0.3) is 0 Å². The van der Waals surface area contributed by atoms with E-state index in [1.54, 1.807) is 6.92 Å². The fourth-order valence-electron chi connectivity index (χ4n) is 4.67. The number of carbonyl (C=O) groups excluding carboxylic acids is 2. The van der Waals surface area contributed by atoms with Gasteiger partial charge in [0.1, 0.15) is 5.41 Å². The van der Waals surface area contributed by atoms with E-state index in [9.17, 15) is 9.59 Å². The third-order valence-electron chi connectivity index (χ3n) is 6.70. The molecule has 1 aliphatic carbocycles. The van der Waals surface area contributed by atoms with Gasteiger partial charge < -0.3 is 9.47 Å². The summed E-state index contributed by atoms with van der Waals surface area (Å²) < 4.78 is 12.4. The predicted octanol–water partition coefficient (Wildman–Crippen LogP) is 8.66. The Kier molecular flexibility index (Phi) is 15.9. The van der Waals surface area contributed by atoms with Gasteiger partial charge in [0.15, 0.2) is 0 Å². The first-order valence-corrected chi connectivity index (χ1v) is 16.5. The molecule has 0 bridgehead atoms. The van der Waals surface area contributed by atoms with Gasteiger partial charge in [-0.2, -0.15) is 4.89 Å². The zero-order valence-corrected chi connectivity index (χ0v) is 28.6. The smallest absolute Gasteiger partial charge is 0.353 e. The van der Waals surface area contributed by atoms with Crippen LogP contribution in [0.2, 0.25) is 0 Å². The molecule has 6 nitrogen and oxygen atoms in total. The molecule has 0 spiro atoms. The number of hydrogen-bond donors (Lipinski definition) is 0. The molecule has 10 heteroatoms. The van der Waals surface area contributed by atoms with Crippen molar-refractivity contribution in [3.8, 4) is 0 Å². The van der Waals surface area contributed by atoms with Crippen LogP contribution >= 0.6 is 63.7 Å². The van der Waals surface area contributed by atoms with E-state index in [-0.39, 0.29) is 24.6 Å². The number of hydrogen-bond acceptors (Lipinski definition) is 6. The van der Waals surface area contributed by atoms with Gasteiger partial charge in [-0.3, -0.25) is 4.89 Å². The molecule has 210 valence electrons. The van der Waals surface area contributed by atoms with Crippen LogP contribution < -0.4 is 0 Å². The lowest BCUT2D eigenvalue weighted by Gasteiger charge is -2.58. The summed E-state index contributed by atoms with van der Waals surface area (Å²) in [5.41, 5.74) is -3.28. The first kappa shape index (κ1) is 34.5. The van der Waals surface area contributed by atoms with Crippen LogP contribution in [0, 0.1) is 5.41 Å². The van der Waals surface area contributed by atoms with E-state index in [1.807, 2.05) is 13.8 Å². The lowest BCUT2D eigenvalue weighted by Crippen LogP contribution is -2.73. The van der Waals surface area contributed by atoms with Crippen LogP contribution in [0.3, 0.4) is 0 Å². The molecule has 0 aromatic carbocycles. The Morgan fingerprint density at radius 2 is 1.39 bits per heavy atom. The zero-order valence-electron chi connectivity index (χ0n) is 22.2. The van der Waals surface area contributed by atoms with Gasteiger partial charge in [-0.25, -0.2) is 9.59 Å². The molecule has 36 heavy (non-hydrogen) atoms. The third-order valence-corrected chi connectivity index (χ3v) is 13.1. The van der Waals surface area contributed by atoms with Crippen LogP contribution in [0.1, 0.15) is 98.8 Å². The Balaban J connectivity index is 4.06. The second-order valence-corrected chi connectivity index (χ2v) is 13.1. The molecule has 0 saturated heterocycles. The van der Waals surface area contributed by atoms with Crippen molar-refractivity contribution in [3.63, 3.8) is 0 Å². The van der Waals surface area contributed by atoms with Gasteiger partial charge in [0, 0.05) is 11.1 Å². The van der Waals surface area contributed by atoms with E-state index < -0.39 is 27.3 Å². The number of alkyl halides is 2. The number of rotatable bonds is 17. The number of carbonyl (C=O) groups is 2. The molecule has 0 radical (unpaired) electrons. The summed E-state index contributed by atoms with van der Waals surface area (Å²) in [6.07, 6.45) is 7.34. The van der Waals surface area contributed by atoms with Crippen molar-refractivity contribution in [3.05, 3.63) is 8.96 Å². The van der Waals surface area contributed by atoms with Crippen LogP contribution in [0.5, 0.6) is 0 Å². The molecular weight excluding hydrogens is 728 g/mol. The van der Waals surface area contributed by atoms with Gasteiger partial charge in [0.2, 0.25) is 5.60 Å². The Morgan fingerprint density at radius 3 is 1.94 bits per heavy atom. The first-order valence-electron chi connectivity index (χ1n) is 13.2. The lowest BCUT2D eigenvalue weighted by atomic mass is 9.56. The van der Waals surface area contributed by atoms with Crippen molar-refractivity contribution in [1.29, 1.82) is 0 Å². The molecular formula is C26H42Br4O6. The Hall–Kier alpha value is 0.520. The minimum atomic E-state index is -1.78. The largest absolute Gasteiger partial charge is 0.464 e. The summed E-state index contributed by atoms with van der Waals surface area (Å²) in [6.45, 7) is 10.7. The fraction of sp³-hybridized carbons (Fsp3) is 0.846. The van der Waals surface area contributed by atoms with Crippen molar-refractivity contribution < 1.29 is 28.8 Å². The van der Waals surface area contributed by atoms with E-state index in [0.29, 0.717) is 34.6 Å². The van der Waals surface area contributed by atoms with E-state index in [2.05, 4.69) is 77.6 Å².